The van der Waals surface area contributed by atoms with Gasteiger partial charge in [-0.25, -0.2) is 4.98 Å². The number of aliphatic carboxylic acids is 4. The molecule has 210 valence electrons. The van der Waals surface area contributed by atoms with Gasteiger partial charge in [0.2, 0.25) is 11.8 Å². The average Bonchev–Trinajstić information content (AvgIpc) is 3.21. The van der Waals surface area contributed by atoms with Crippen molar-refractivity contribution in [2.24, 2.45) is 4.99 Å². The van der Waals surface area contributed by atoms with Crippen molar-refractivity contribution in [3.05, 3.63) is 18.2 Å². The van der Waals surface area contributed by atoms with Gasteiger partial charge in [-0.3, -0.25) is 38.7 Å². The highest BCUT2D eigenvalue weighted by molar-refractivity contribution is 5.91. The Kier molecular flexibility index (Phi) is 12.3. The van der Waals surface area contributed by atoms with Gasteiger partial charge in [-0.05, 0) is 7.05 Å². The zero-order chi connectivity index (χ0) is 29.0. The molecular weight excluding hydrogens is 510 g/mol. The van der Waals surface area contributed by atoms with E-state index in [9.17, 15) is 28.8 Å². The molecule has 0 fully saturated rings. The van der Waals surface area contributed by atoms with Crippen LogP contribution in [0.5, 0.6) is 0 Å². The molecule has 0 bridgehead atoms. The Hall–Kier alpha value is -4.54. The molecule has 0 spiro atoms. The summed E-state index contributed by atoms with van der Waals surface area (Å²) in [6, 6.07) is 0. The van der Waals surface area contributed by atoms with Gasteiger partial charge in [-0.2, -0.15) is 0 Å². The number of rotatable bonds is 16. The van der Waals surface area contributed by atoms with Crippen LogP contribution >= 0.6 is 0 Å². The maximum Gasteiger partial charge on any atom is 0.323 e. The van der Waals surface area contributed by atoms with E-state index in [2.05, 4.69) is 9.98 Å². The summed E-state index contributed by atoms with van der Waals surface area (Å²) in [7, 11) is 4.71. The number of carbonyl (C=O) groups is 6. The van der Waals surface area contributed by atoms with Crippen LogP contribution in [0.1, 0.15) is 5.82 Å². The van der Waals surface area contributed by atoms with Gasteiger partial charge in [0.15, 0.2) is 0 Å². The number of aromatic nitrogens is 2. The number of amides is 2. The smallest absolute Gasteiger partial charge is 0.323 e. The molecule has 1 heterocycles. The van der Waals surface area contributed by atoms with E-state index >= 15 is 0 Å². The normalized spacial score (nSPS) is 11.2. The number of imidazole rings is 1. The molecule has 0 aliphatic heterocycles. The molecule has 1 rings (SSSR count). The molecule has 17 nitrogen and oxygen atoms in total. The number of nitrogens with zero attached hydrogens (tertiary/aromatic N) is 7. The van der Waals surface area contributed by atoms with Gasteiger partial charge < -0.3 is 39.7 Å². The minimum atomic E-state index is -1.35. The van der Waals surface area contributed by atoms with Gasteiger partial charge in [0.05, 0.1) is 19.6 Å². The van der Waals surface area contributed by atoms with Crippen LogP contribution in [0.3, 0.4) is 0 Å². The lowest BCUT2D eigenvalue weighted by molar-refractivity contribution is -0.150. The predicted molar refractivity (Wildman–Crippen MR) is 128 cm³/mol. The maximum atomic E-state index is 12.5. The van der Waals surface area contributed by atoms with Crippen molar-refractivity contribution in [3.8, 4) is 0 Å². The van der Waals surface area contributed by atoms with Gasteiger partial charge in [0, 0.05) is 26.5 Å². The zero-order valence-electron chi connectivity index (χ0n) is 21.2. The molecule has 0 saturated heterocycles. The molecular formula is C21H31N7O10. The Morgan fingerprint density at radius 1 is 0.789 bits per heavy atom. The van der Waals surface area contributed by atoms with E-state index in [-0.39, 0.29) is 26.2 Å². The highest BCUT2D eigenvalue weighted by Gasteiger charge is 2.23. The first-order valence-corrected chi connectivity index (χ1v) is 11.0. The summed E-state index contributed by atoms with van der Waals surface area (Å²) in [5.74, 6) is -6.03. The Labute approximate surface area is 217 Å². The monoisotopic (exact) mass is 541 g/mol. The molecule has 0 aliphatic carbocycles. The number of hydrogen-bond acceptors (Lipinski definition) is 9. The number of carboxylic acids is 4. The van der Waals surface area contributed by atoms with Crippen LogP contribution in [0.15, 0.2) is 17.4 Å². The molecule has 2 amide bonds. The fourth-order valence-corrected chi connectivity index (χ4v) is 3.29. The standard InChI is InChI=1S/C21H31N7O10/c1-22-14(25(3)8-16(29)27(10-18(31)32)11-19(33)34)6-24(2)7-15-23-4-5-26(15)9-17(30)28(12-20(35)36)13-21(37)38/h4-5H,6-13H2,1-3H3,(H,31,32)(H,33,34)(H,35,36)(H,37,38). The number of carboxylic acid groups (broad SMARTS) is 4. The number of likely N-dealkylation sites (N-methyl/N-ethyl adjacent to an activating group) is 2. The summed E-state index contributed by atoms with van der Waals surface area (Å²) in [6.45, 7) is -3.38. The minimum absolute atomic E-state index is 0.184. The first-order valence-electron chi connectivity index (χ1n) is 11.0. The van der Waals surface area contributed by atoms with Crippen LogP contribution < -0.4 is 0 Å². The summed E-state index contributed by atoms with van der Waals surface area (Å²) < 4.78 is 1.45. The van der Waals surface area contributed by atoms with E-state index in [1.54, 1.807) is 11.9 Å². The third kappa shape index (κ3) is 11.0. The van der Waals surface area contributed by atoms with E-state index in [4.69, 9.17) is 20.4 Å². The van der Waals surface area contributed by atoms with E-state index in [0.717, 1.165) is 0 Å². The molecule has 0 aromatic carbocycles. The topological polar surface area (TPSA) is 226 Å². The first-order chi connectivity index (χ1) is 17.7. The molecule has 4 N–H and O–H groups in total. The van der Waals surface area contributed by atoms with Crippen molar-refractivity contribution in [3.63, 3.8) is 0 Å². The summed E-state index contributed by atoms with van der Waals surface area (Å²) in [5, 5.41) is 35.8. The van der Waals surface area contributed by atoms with Gasteiger partial charge in [0.25, 0.3) is 0 Å². The van der Waals surface area contributed by atoms with Crippen molar-refractivity contribution in [1.82, 2.24) is 29.2 Å². The summed E-state index contributed by atoms with van der Waals surface area (Å²) in [6.07, 6.45) is 2.91. The van der Waals surface area contributed by atoms with Crippen molar-refractivity contribution >= 4 is 41.5 Å². The van der Waals surface area contributed by atoms with Gasteiger partial charge in [-0.1, -0.05) is 0 Å². The fourth-order valence-electron chi connectivity index (χ4n) is 3.29. The third-order valence-electron chi connectivity index (χ3n) is 5.01. The SMILES string of the molecule is CN=C(CN(C)Cc1nccn1CC(=O)N(CC(=O)O)CC(=O)O)N(C)CC(=O)N(CC(=O)O)CC(=O)O. The molecule has 1 aromatic heterocycles. The lowest BCUT2D eigenvalue weighted by atomic mass is 10.3. The van der Waals surface area contributed by atoms with Crippen LogP contribution in [0.25, 0.3) is 0 Å². The molecule has 38 heavy (non-hydrogen) atoms. The predicted octanol–water partition coefficient (Wildman–Crippen LogP) is -2.73. The molecule has 0 aliphatic rings. The largest absolute Gasteiger partial charge is 0.480 e. The van der Waals surface area contributed by atoms with Crippen LogP contribution in [-0.4, -0.2) is 152 Å². The van der Waals surface area contributed by atoms with Crippen LogP contribution in [0, 0.1) is 0 Å². The van der Waals surface area contributed by atoms with Gasteiger partial charge in [0.1, 0.15) is 44.4 Å². The number of aliphatic imine (C=N–C) groups is 1. The second-order valence-corrected chi connectivity index (χ2v) is 8.21. The molecule has 0 atom stereocenters. The summed E-state index contributed by atoms with van der Waals surface area (Å²) >= 11 is 0. The van der Waals surface area contributed by atoms with Crippen molar-refractivity contribution < 1.29 is 49.2 Å². The molecule has 0 unspecified atom stereocenters. The van der Waals surface area contributed by atoms with E-state index in [0.29, 0.717) is 21.5 Å². The Morgan fingerprint density at radius 3 is 1.71 bits per heavy atom. The Morgan fingerprint density at radius 2 is 1.26 bits per heavy atom. The molecule has 17 heteroatoms. The van der Waals surface area contributed by atoms with Crippen molar-refractivity contribution in [2.45, 2.75) is 13.1 Å². The van der Waals surface area contributed by atoms with Gasteiger partial charge >= 0.3 is 23.9 Å². The van der Waals surface area contributed by atoms with Crippen LogP contribution in [0.2, 0.25) is 0 Å². The van der Waals surface area contributed by atoms with E-state index < -0.39 is 61.9 Å². The quantitative estimate of drug-likeness (QED) is 0.123. The summed E-state index contributed by atoms with van der Waals surface area (Å²) in [5.41, 5.74) is 0. The second-order valence-electron chi connectivity index (χ2n) is 8.21. The molecule has 1 aromatic rings. The van der Waals surface area contributed by atoms with E-state index in [1.807, 2.05) is 0 Å². The van der Waals surface area contributed by atoms with Crippen LogP contribution in [-0.2, 0) is 41.9 Å². The second kappa shape index (κ2) is 14.9. The highest BCUT2D eigenvalue weighted by atomic mass is 16.4. The lowest BCUT2D eigenvalue weighted by Gasteiger charge is -2.27. The van der Waals surface area contributed by atoms with Gasteiger partial charge in [-0.15, -0.1) is 0 Å². The lowest BCUT2D eigenvalue weighted by Crippen LogP contribution is -2.47. The Balaban J connectivity index is 2.84. The maximum absolute atomic E-state index is 12.5. The molecule has 0 radical (unpaired) electrons. The van der Waals surface area contributed by atoms with E-state index in [1.165, 1.54) is 36.0 Å². The summed E-state index contributed by atoms with van der Waals surface area (Å²) in [4.78, 5) is 81.9. The van der Waals surface area contributed by atoms with Crippen molar-refractivity contribution in [1.29, 1.82) is 0 Å². The number of amidine groups is 1. The number of hydrogen-bond donors (Lipinski definition) is 4. The molecule has 0 saturated carbocycles. The first kappa shape index (κ1) is 31.5. The third-order valence-corrected chi connectivity index (χ3v) is 5.01. The zero-order valence-corrected chi connectivity index (χ0v) is 21.2. The highest BCUT2D eigenvalue weighted by Crippen LogP contribution is 2.05. The fraction of sp³-hybridized carbons (Fsp3) is 0.524. The van der Waals surface area contributed by atoms with Crippen molar-refractivity contribution in [2.75, 3.05) is 60.4 Å². The minimum Gasteiger partial charge on any atom is -0.480 e. The number of carbonyl (C=O) groups excluding carboxylic acids is 2. The Bertz CT molecular complexity index is 1040. The average molecular weight is 542 g/mol. The van der Waals surface area contributed by atoms with Crippen LogP contribution in [0.4, 0.5) is 0 Å².